The summed E-state index contributed by atoms with van der Waals surface area (Å²) >= 11 is 0. The highest BCUT2D eigenvalue weighted by molar-refractivity contribution is 5.97. The van der Waals surface area contributed by atoms with Crippen molar-refractivity contribution in [2.45, 2.75) is 6.29 Å². The lowest BCUT2D eigenvalue weighted by Crippen LogP contribution is -2.25. The number of carbonyl (C=O) groups is 2. The van der Waals surface area contributed by atoms with Crippen molar-refractivity contribution in [1.29, 1.82) is 0 Å². The Bertz CT molecular complexity index is 979. The third kappa shape index (κ3) is 4.29. The maximum atomic E-state index is 13.0. The molecule has 3 rings (SSSR count). The largest absolute Gasteiger partial charge is 0.586 e. The van der Waals surface area contributed by atoms with Gasteiger partial charge in [-0.15, -0.1) is 8.78 Å². The number of anilines is 1. The lowest BCUT2D eigenvalue weighted by molar-refractivity contribution is -0.286. The van der Waals surface area contributed by atoms with Crippen molar-refractivity contribution >= 4 is 17.6 Å². The highest BCUT2D eigenvalue weighted by Crippen LogP contribution is 2.42. The zero-order valence-corrected chi connectivity index (χ0v) is 16.1. The van der Waals surface area contributed by atoms with Crippen molar-refractivity contribution < 1.29 is 46.8 Å². The van der Waals surface area contributed by atoms with Crippen molar-refractivity contribution in [3.63, 3.8) is 0 Å². The Morgan fingerprint density at radius 1 is 0.967 bits per heavy atom. The Morgan fingerprint density at radius 2 is 1.67 bits per heavy atom. The predicted octanol–water partition coefficient (Wildman–Crippen LogP) is 2.83. The third-order valence-corrected chi connectivity index (χ3v) is 3.94. The van der Waals surface area contributed by atoms with Crippen LogP contribution in [0.4, 0.5) is 14.5 Å². The standard InChI is InChI=1S/C19H17F2NO8/c1-25-13-7-5-11(16(26-2)17(13)27-3)18(24)28-9-15(23)22-10-4-6-12-14(8-10)30-19(20,21)29-12/h4-8H,9H2,1-3H3,(H,22,23). The number of esters is 1. The number of hydrogen-bond donors (Lipinski definition) is 1. The number of nitrogens with one attached hydrogen (secondary N) is 1. The topological polar surface area (TPSA) is 102 Å². The highest BCUT2D eigenvalue weighted by Gasteiger charge is 2.43. The summed E-state index contributed by atoms with van der Waals surface area (Å²) in [6.07, 6.45) is -3.76. The minimum Gasteiger partial charge on any atom is -0.493 e. The molecule has 0 fully saturated rings. The molecule has 0 radical (unpaired) electrons. The zero-order chi connectivity index (χ0) is 21.9. The smallest absolute Gasteiger partial charge is 0.493 e. The van der Waals surface area contributed by atoms with Crippen LogP contribution in [0.2, 0.25) is 0 Å². The quantitative estimate of drug-likeness (QED) is 0.676. The van der Waals surface area contributed by atoms with Crippen LogP contribution in [0.3, 0.4) is 0 Å². The number of ether oxygens (including phenoxy) is 6. The van der Waals surface area contributed by atoms with Crippen molar-refractivity contribution in [3.05, 3.63) is 35.9 Å². The molecule has 1 aliphatic rings. The van der Waals surface area contributed by atoms with Crippen molar-refractivity contribution in [1.82, 2.24) is 0 Å². The second-order valence-electron chi connectivity index (χ2n) is 5.84. The number of carbonyl (C=O) groups excluding carboxylic acids is 2. The number of methoxy groups -OCH3 is 3. The van der Waals surface area contributed by atoms with Gasteiger partial charge < -0.3 is 33.7 Å². The van der Waals surface area contributed by atoms with E-state index in [4.69, 9.17) is 18.9 Å². The van der Waals surface area contributed by atoms with Crippen LogP contribution in [-0.2, 0) is 9.53 Å². The molecule has 0 spiro atoms. The molecule has 9 nitrogen and oxygen atoms in total. The van der Waals surface area contributed by atoms with Gasteiger partial charge in [0.05, 0.1) is 21.3 Å². The summed E-state index contributed by atoms with van der Waals surface area (Å²) in [6.45, 7) is -0.638. The van der Waals surface area contributed by atoms with E-state index < -0.39 is 24.8 Å². The molecule has 0 aliphatic carbocycles. The molecule has 0 aromatic heterocycles. The first kappa shape index (κ1) is 21.0. The maximum Gasteiger partial charge on any atom is 0.586 e. The first-order valence-corrected chi connectivity index (χ1v) is 8.43. The minimum atomic E-state index is -3.76. The summed E-state index contributed by atoms with van der Waals surface area (Å²) in [5.74, 6) is -1.32. The van der Waals surface area contributed by atoms with Gasteiger partial charge >= 0.3 is 12.3 Å². The molecule has 2 aromatic rings. The van der Waals surface area contributed by atoms with E-state index in [1.807, 2.05) is 0 Å². The Morgan fingerprint density at radius 3 is 2.33 bits per heavy atom. The fourth-order valence-electron chi connectivity index (χ4n) is 2.69. The molecule has 11 heteroatoms. The molecule has 1 amide bonds. The Hall–Kier alpha value is -3.76. The fourth-order valence-corrected chi connectivity index (χ4v) is 2.69. The summed E-state index contributed by atoms with van der Waals surface area (Å²) in [5, 5.41) is 2.40. The SMILES string of the molecule is COc1ccc(C(=O)OCC(=O)Nc2ccc3c(c2)OC(F)(F)O3)c(OC)c1OC. The lowest BCUT2D eigenvalue weighted by atomic mass is 10.1. The Kier molecular flexibility index (Phi) is 5.81. The summed E-state index contributed by atoms with van der Waals surface area (Å²) in [6, 6.07) is 6.60. The number of hydrogen-bond acceptors (Lipinski definition) is 8. The van der Waals surface area contributed by atoms with Crippen LogP contribution in [0.1, 0.15) is 10.4 Å². The van der Waals surface area contributed by atoms with E-state index in [2.05, 4.69) is 14.8 Å². The van der Waals surface area contributed by atoms with Gasteiger partial charge in [0.2, 0.25) is 5.75 Å². The number of rotatable bonds is 7. The second-order valence-corrected chi connectivity index (χ2v) is 5.84. The molecule has 160 valence electrons. The number of fused-ring (bicyclic) bond motifs is 1. The number of alkyl halides is 2. The van der Waals surface area contributed by atoms with Crippen molar-refractivity contribution in [2.75, 3.05) is 33.3 Å². The first-order valence-electron chi connectivity index (χ1n) is 8.43. The van der Waals surface area contributed by atoms with Gasteiger partial charge in [0.15, 0.2) is 29.6 Å². The van der Waals surface area contributed by atoms with Crippen LogP contribution in [0.15, 0.2) is 30.3 Å². The number of halogens is 2. The van der Waals surface area contributed by atoms with Gasteiger partial charge in [-0.2, -0.15) is 0 Å². The van der Waals surface area contributed by atoms with Gasteiger partial charge in [-0.1, -0.05) is 0 Å². The van der Waals surface area contributed by atoms with Crippen molar-refractivity contribution in [3.8, 4) is 28.7 Å². The van der Waals surface area contributed by atoms with E-state index in [9.17, 15) is 18.4 Å². The second kappa shape index (κ2) is 8.31. The van der Waals surface area contributed by atoms with E-state index in [0.29, 0.717) is 5.75 Å². The minimum absolute atomic E-state index is 0.0215. The highest BCUT2D eigenvalue weighted by atomic mass is 19.3. The van der Waals surface area contributed by atoms with Crippen LogP contribution < -0.4 is 29.0 Å². The molecule has 1 aliphatic heterocycles. The molecule has 1 N–H and O–H groups in total. The fraction of sp³-hybridized carbons (Fsp3) is 0.263. The van der Waals surface area contributed by atoms with Gasteiger partial charge in [-0.3, -0.25) is 4.79 Å². The average molecular weight is 425 g/mol. The molecular weight excluding hydrogens is 408 g/mol. The van der Waals surface area contributed by atoms with E-state index in [0.717, 1.165) is 6.07 Å². The van der Waals surface area contributed by atoms with Crippen LogP contribution in [0, 0.1) is 0 Å². The first-order chi connectivity index (χ1) is 14.3. The summed E-state index contributed by atoms with van der Waals surface area (Å²) < 4.78 is 55.2. The van der Waals surface area contributed by atoms with Crippen LogP contribution in [0.5, 0.6) is 28.7 Å². The van der Waals surface area contributed by atoms with Crippen molar-refractivity contribution in [2.24, 2.45) is 0 Å². The molecule has 1 heterocycles. The Balaban J connectivity index is 1.64. The van der Waals surface area contributed by atoms with Gasteiger partial charge in [0.25, 0.3) is 5.91 Å². The Labute approximate surface area is 169 Å². The molecule has 0 unspecified atom stereocenters. The molecule has 0 saturated heterocycles. The van der Waals surface area contributed by atoms with Gasteiger partial charge in [0, 0.05) is 11.8 Å². The van der Waals surface area contributed by atoms with Gasteiger partial charge in [0.1, 0.15) is 5.56 Å². The molecule has 2 aromatic carbocycles. The summed E-state index contributed by atoms with van der Waals surface area (Å²) in [7, 11) is 4.14. The molecule has 0 atom stereocenters. The maximum absolute atomic E-state index is 13.0. The molecule has 30 heavy (non-hydrogen) atoms. The normalized spacial score (nSPS) is 13.4. The van der Waals surface area contributed by atoms with Gasteiger partial charge in [-0.25, -0.2) is 4.79 Å². The van der Waals surface area contributed by atoms with Crippen LogP contribution in [-0.4, -0.2) is 46.1 Å². The molecule has 0 bridgehead atoms. The van der Waals surface area contributed by atoms with Crippen LogP contribution in [0.25, 0.3) is 0 Å². The van der Waals surface area contributed by atoms with E-state index >= 15 is 0 Å². The van der Waals surface area contributed by atoms with Gasteiger partial charge in [-0.05, 0) is 24.3 Å². The number of benzene rings is 2. The van der Waals surface area contributed by atoms with E-state index in [-0.39, 0.29) is 34.2 Å². The van der Waals surface area contributed by atoms with E-state index in [1.165, 1.54) is 45.6 Å². The monoisotopic (exact) mass is 425 g/mol. The summed E-state index contributed by atoms with van der Waals surface area (Å²) in [4.78, 5) is 24.4. The third-order valence-electron chi connectivity index (χ3n) is 3.94. The lowest BCUT2D eigenvalue weighted by Gasteiger charge is -2.15. The average Bonchev–Trinajstić information content (AvgIpc) is 3.03. The zero-order valence-electron chi connectivity index (χ0n) is 16.1. The molecule has 0 saturated carbocycles. The summed E-state index contributed by atoms with van der Waals surface area (Å²) in [5.41, 5.74) is 0.174. The van der Waals surface area contributed by atoms with E-state index in [1.54, 1.807) is 0 Å². The van der Waals surface area contributed by atoms with Crippen LogP contribution >= 0.6 is 0 Å². The predicted molar refractivity (Wildman–Crippen MR) is 97.7 cm³/mol. The molecular formula is C19H17F2NO8. The number of amides is 1.